The lowest BCUT2D eigenvalue weighted by Gasteiger charge is -2.16. The number of nitrogens with one attached hydrogen (secondary N) is 1. The van der Waals surface area contributed by atoms with Crippen molar-refractivity contribution in [2.45, 2.75) is 18.1 Å². The summed E-state index contributed by atoms with van der Waals surface area (Å²) in [5.74, 6) is 0.312. The summed E-state index contributed by atoms with van der Waals surface area (Å²) in [6.45, 7) is 0.938. The van der Waals surface area contributed by atoms with Crippen molar-refractivity contribution in [2.75, 3.05) is 6.54 Å². The van der Waals surface area contributed by atoms with Crippen molar-refractivity contribution >= 4 is 16.7 Å². The topological polar surface area (TPSA) is 41.5 Å². The fourth-order valence-electron chi connectivity index (χ4n) is 1.93. The van der Waals surface area contributed by atoms with E-state index in [4.69, 9.17) is 0 Å². The van der Waals surface area contributed by atoms with E-state index < -0.39 is 0 Å². The van der Waals surface area contributed by atoms with Gasteiger partial charge in [0.1, 0.15) is 0 Å². The predicted molar refractivity (Wildman–Crippen MR) is 52.0 cm³/mol. The van der Waals surface area contributed by atoms with Crippen LogP contribution >= 0.6 is 0 Å². The van der Waals surface area contributed by atoms with Crippen molar-refractivity contribution in [3.63, 3.8) is 0 Å². The van der Waals surface area contributed by atoms with Gasteiger partial charge in [-0.1, -0.05) is 12.2 Å². The fraction of sp³-hybridized carbons (Fsp3) is 0.444. The van der Waals surface area contributed by atoms with Crippen LogP contribution in [0, 0.1) is 0 Å². The summed E-state index contributed by atoms with van der Waals surface area (Å²) in [6.07, 6.45) is 5.76. The van der Waals surface area contributed by atoms with Gasteiger partial charge in [-0.3, -0.25) is 9.52 Å². The smallest absolute Gasteiger partial charge is 0.180 e. The van der Waals surface area contributed by atoms with Crippen molar-refractivity contribution < 1.29 is 4.79 Å². The van der Waals surface area contributed by atoms with Crippen LogP contribution in [0.15, 0.2) is 27.8 Å². The standard InChI is InChI=1S/C9H10N2OS/c12-9-6-2-1-3-7(6)11-13-8(9)4-5-10-13/h1-2,8H,3-5H2,(H,10,11). The van der Waals surface area contributed by atoms with Crippen LogP contribution in [0.4, 0.5) is 0 Å². The molecular formula is C9H10N2OS. The van der Waals surface area contributed by atoms with Gasteiger partial charge in [-0.15, -0.1) is 0 Å². The molecule has 0 radical (unpaired) electrons. The highest BCUT2D eigenvalue weighted by Crippen LogP contribution is 2.30. The third-order valence-electron chi connectivity index (χ3n) is 2.60. The predicted octanol–water partition coefficient (Wildman–Crippen LogP) is 0.862. The molecule has 0 spiro atoms. The van der Waals surface area contributed by atoms with E-state index in [1.54, 1.807) is 0 Å². The molecule has 4 heteroatoms. The van der Waals surface area contributed by atoms with Gasteiger partial charge < -0.3 is 0 Å². The third-order valence-corrected chi connectivity index (χ3v) is 4.50. The van der Waals surface area contributed by atoms with E-state index >= 15 is 0 Å². The Morgan fingerprint density at radius 1 is 1.62 bits per heavy atom. The van der Waals surface area contributed by atoms with E-state index in [1.165, 1.54) is 0 Å². The molecule has 0 saturated carbocycles. The Hall–Kier alpha value is -0.740. The zero-order chi connectivity index (χ0) is 8.84. The molecule has 0 bridgehead atoms. The lowest BCUT2D eigenvalue weighted by atomic mass is 10.1. The van der Waals surface area contributed by atoms with Crippen molar-refractivity contribution in [1.29, 1.82) is 0 Å². The second kappa shape index (κ2) is 2.62. The molecule has 2 unspecified atom stereocenters. The van der Waals surface area contributed by atoms with Gasteiger partial charge in [-0.25, -0.2) is 4.36 Å². The van der Waals surface area contributed by atoms with Gasteiger partial charge in [0, 0.05) is 18.5 Å². The first kappa shape index (κ1) is 7.64. The van der Waals surface area contributed by atoms with Crippen LogP contribution < -0.4 is 4.72 Å². The maximum Gasteiger partial charge on any atom is 0.180 e. The number of Topliss-reactive ketones (excluding diaryl/α,β-unsaturated/α-hetero) is 1. The van der Waals surface area contributed by atoms with E-state index in [0.29, 0.717) is 5.78 Å². The van der Waals surface area contributed by atoms with Gasteiger partial charge in [-0.05, 0) is 17.3 Å². The largest absolute Gasteiger partial charge is 0.293 e. The second-order valence-corrected chi connectivity index (χ2v) is 5.08. The van der Waals surface area contributed by atoms with Crippen molar-refractivity contribution in [1.82, 2.24) is 4.72 Å². The molecule has 3 nitrogen and oxygen atoms in total. The molecule has 0 aromatic rings. The maximum absolute atomic E-state index is 11.9. The normalized spacial score (nSPS) is 36.2. The van der Waals surface area contributed by atoms with E-state index in [2.05, 4.69) is 9.08 Å². The quantitative estimate of drug-likeness (QED) is 0.621. The van der Waals surface area contributed by atoms with Crippen molar-refractivity contribution in [3.05, 3.63) is 23.4 Å². The monoisotopic (exact) mass is 194 g/mol. The molecule has 68 valence electrons. The highest BCUT2D eigenvalue weighted by Gasteiger charge is 2.35. The number of carbonyl (C=O) groups is 1. The Bertz CT molecular complexity index is 381. The lowest BCUT2D eigenvalue weighted by Crippen LogP contribution is -2.28. The Labute approximate surface area is 79.1 Å². The number of fused-ring (bicyclic) bond motifs is 1. The average molecular weight is 194 g/mol. The highest BCUT2D eigenvalue weighted by molar-refractivity contribution is 7.87. The molecule has 0 amide bonds. The van der Waals surface area contributed by atoms with Crippen molar-refractivity contribution in [3.8, 4) is 0 Å². The van der Waals surface area contributed by atoms with Gasteiger partial charge in [-0.2, -0.15) is 0 Å². The zero-order valence-electron chi connectivity index (χ0n) is 7.12. The van der Waals surface area contributed by atoms with E-state index in [9.17, 15) is 4.79 Å². The van der Waals surface area contributed by atoms with Crippen LogP contribution in [0.25, 0.3) is 0 Å². The van der Waals surface area contributed by atoms with Crippen LogP contribution in [0.3, 0.4) is 0 Å². The first-order valence-corrected chi connectivity index (χ1v) is 5.73. The minimum atomic E-state index is -0.198. The number of ketones is 1. The van der Waals surface area contributed by atoms with E-state index in [-0.39, 0.29) is 16.1 Å². The van der Waals surface area contributed by atoms with E-state index in [0.717, 1.165) is 30.7 Å². The van der Waals surface area contributed by atoms with E-state index in [1.807, 2.05) is 12.2 Å². The van der Waals surface area contributed by atoms with Crippen LogP contribution in [0.5, 0.6) is 0 Å². The van der Waals surface area contributed by atoms with Gasteiger partial charge in [0.15, 0.2) is 5.78 Å². The molecule has 3 aliphatic rings. The van der Waals surface area contributed by atoms with Crippen LogP contribution in [-0.4, -0.2) is 17.6 Å². The zero-order valence-corrected chi connectivity index (χ0v) is 7.93. The van der Waals surface area contributed by atoms with Gasteiger partial charge in [0.2, 0.25) is 0 Å². The molecule has 2 heterocycles. The van der Waals surface area contributed by atoms with Crippen LogP contribution in [0.2, 0.25) is 0 Å². The van der Waals surface area contributed by atoms with Crippen LogP contribution in [0.1, 0.15) is 12.8 Å². The molecule has 2 aliphatic heterocycles. The number of hydrogen-bond acceptors (Lipinski definition) is 3. The number of allylic oxidation sites excluding steroid dienone is 3. The van der Waals surface area contributed by atoms with Gasteiger partial charge in [0.25, 0.3) is 0 Å². The number of carbonyl (C=O) groups excluding carboxylic acids is 1. The Morgan fingerprint density at radius 2 is 2.54 bits per heavy atom. The molecule has 0 aromatic heterocycles. The first-order chi connectivity index (χ1) is 6.36. The molecule has 1 fully saturated rings. The summed E-state index contributed by atoms with van der Waals surface area (Å²) in [6, 6.07) is 0. The Kier molecular flexibility index (Phi) is 1.54. The molecule has 2 atom stereocenters. The Balaban J connectivity index is 2.10. The maximum atomic E-state index is 11.9. The molecule has 3 rings (SSSR count). The average Bonchev–Trinajstić information content (AvgIpc) is 2.71. The molecule has 0 aromatic carbocycles. The molecular weight excluding hydrogens is 184 g/mol. The third kappa shape index (κ3) is 0.988. The lowest BCUT2D eigenvalue weighted by molar-refractivity contribution is -0.114. The van der Waals surface area contributed by atoms with Crippen molar-refractivity contribution in [2.24, 2.45) is 4.36 Å². The Morgan fingerprint density at radius 3 is 3.46 bits per heavy atom. The number of rotatable bonds is 0. The van der Waals surface area contributed by atoms with Gasteiger partial charge in [0.05, 0.1) is 10.9 Å². The fourth-order valence-corrected chi connectivity index (χ4v) is 3.73. The van der Waals surface area contributed by atoms with Crippen LogP contribution in [-0.2, 0) is 15.7 Å². The first-order valence-electron chi connectivity index (χ1n) is 4.48. The second-order valence-electron chi connectivity index (χ2n) is 3.41. The minimum Gasteiger partial charge on any atom is -0.293 e. The molecule has 1 N–H and O–H groups in total. The summed E-state index contributed by atoms with van der Waals surface area (Å²) in [7, 11) is -0.198. The summed E-state index contributed by atoms with van der Waals surface area (Å²) in [5, 5.41) is 0.140. The SMILES string of the molecule is O=C1C2=C(CC=C2)N=S2NCCC12. The highest BCUT2D eigenvalue weighted by atomic mass is 32.2. The number of hydrogen-bond donors (Lipinski definition) is 1. The molecule has 1 saturated heterocycles. The summed E-state index contributed by atoms with van der Waals surface area (Å²) >= 11 is 0. The summed E-state index contributed by atoms with van der Waals surface area (Å²) < 4.78 is 7.85. The minimum absolute atomic E-state index is 0.140. The summed E-state index contributed by atoms with van der Waals surface area (Å²) in [5.41, 5.74) is 1.87. The van der Waals surface area contributed by atoms with Gasteiger partial charge >= 0.3 is 0 Å². The molecule has 1 aliphatic carbocycles. The number of nitrogens with zero attached hydrogens (tertiary/aromatic N) is 1. The summed E-state index contributed by atoms with van der Waals surface area (Å²) in [4.78, 5) is 11.9. The molecule has 13 heavy (non-hydrogen) atoms.